The number of halogens is 1. The van der Waals surface area contributed by atoms with Gasteiger partial charge in [-0.2, -0.15) is 10.1 Å². The van der Waals surface area contributed by atoms with E-state index in [4.69, 9.17) is 4.52 Å². The third-order valence-corrected chi connectivity index (χ3v) is 2.80. The summed E-state index contributed by atoms with van der Waals surface area (Å²) in [6.45, 7) is 0. The molecule has 0 spiro atoms. The Balaban J connectivity index is 2.01. The van der Waals surface area contributed by atoms with Crippen LogP contribution in [0.15, 0.2) is 35.1 Å². The van der Waals surface area contributed by atoms with Crippen molar-refractivity contribution in [1.29, 1.82) is 0 Å². The Morgan fingerprint density at radius 3 is 3.00 bits per heavy atom. The predicted octanol–water partition coefficient (Wildman–Crippen LogP) is 2.13. The quantitative estimate of drug-likeness (QED) is 0.724. The summed E-state index contributed by atoms with van der Waals surface area (Å²) in [6.07, 6.45) is 1.40. The molecular formula is C10H6IN5O. The van der Waals surface area contributed by atoms with E-state index >= 15 is 0 Å². The van der Waals surface area contributed by atoms with Crippen molar-refractivity contribution in [2.75, 3.05) is 0 Å². The third kappa shape index (κ3) is 2.05. The maximum atomic E-state index is 5.18. The predicted molar refractivity (Wildman–Crippen MR) is 67.8 cm³/mol. The number of H-pyrrole nitrogens is 1. The summed E-state index contributed by atoms with van der Waals surface area (Å²) in [5, 5.41) is 10.3. The summed E-state index contributed by atoms with van der Waals surface area (Å²) in [5.74, 6) is 1.36. The minimum atomic E-state index is 0.399. The van der Waals surface area contributed by atoms with Crippen LogP contribution in [0, 0.1) is 3.57 Å². The smallest absolute Gasteiger partial charge is 0.258 e. The van der Waals surface area contributed by atoms with E-state index in [1.807, 2.05) is 24.3 Å². The number of nitrogens with one attached hydrogen (secondary N) is 1. The summed E-state index contributed by atoms with van der Waals surface area (Å²) in [6, 6.07) is 7.82. The normalized spacial score (nSPS) is 10.6. The molecule has 3 rings (SSSR count). The molecule has 0 radical (unpaired) electrons. The molecule has 0 bridgehead atoms. The van der Waals surface area contributed by atoms with E-state index in [9.17, 15) is 0 Å². The van der Waals surface area contributed by atoms with Gasteiger partial charge >= 0.3 is 0 Å². The van der Waals surface area contributed by atoms with Crippen molar-refractivity contribution >= 4 is 22.6 Å². The lowest BCUT2D eigenvalue weighted by atomic mass is 10.2. The number of hydrogen-bond acceptors (Lipinski definition) is 5. The molecule has 1 aromatic carbocycles. The van der Waals surface area contributed by atoms with Crippen molar-refractivity contribution in [3.63, 3.8) is 0 Å². The topological polar surface area (TPSA) is 80.5 Å². The largest absolute Gasteiger partial charge is 0.333 e. The minimum absolute atomic E-state index is 0.399. The molecule has 84 valence electrons. The van der Waals surface area contributed by atoms with Gasteiger partial charge in [0, 0.05) is 9.13 Å². The highest BCUT2D eigenvalue weighted by Crippen LogP contribution is 2.21. The first kappa shape index (κ1) is 10.4. The molecular weight excluding hydrogens is 333 g/mol. The summed E-state index contributed by atoms with van der Waals surface area (Å²) in [7, 11) is 0. The molecule has 3 aromatic rings. The van der Waals surface area contributed by atoms with Gasteiger partial charge in [0.05, 0.1) is 0 Å². The number of rotatable bonds is 2. The van der Waals surface area contributed by atoms with Crippen molar-refractivity contribution in [3.05, 3.63) is 34.2 Å². The molecule has 0 aliphatic rings. The molecule has 0 aliphatic heterocycles. The molecule has 0 unspecified atom stereocenters. The van der Waals surface area contributed by atoms with E-state index in [0.717, 1.165) is 9.13 Å². The Hall–Kier alpha value is -1.77. The van der Waals surface area contributed by atoms with Crippen LogP contribution in [0.5, 0.6) is 0 Å². The Kier molecular flexibility index (Phi) is 2.59. The monoisotopic (exact) mass is 339 g/mol. The molecule has 1 N–H and O–H groups in total. The van der Waals surface area contributed by atoms with Gasteiger partial charge < -0.3 is 4.52 Å². The van der Waals surface area contributed by atoms with Gasteiger partial charge in [-0.3, -0.25) is 5.10 Å². The van der Waals surface area contributed by atoms with Gasteiger partial charge in [-0.15, -0.1) is 0 Å². The summed E-state index contributed by atoms with van der Waals surface area (Å²) in [4.78, 5) is 8.21. The zero-order chi connectivity index (χ0) is 11.7. The molecule has 17 heavy (non-hydrogen) atoms. The average molecular weight is 339 g/mol. The molecule has 0 saturated heterocycles. The number of hydrogen-bond donors (Lipinski definition) is 1. The van der Waals surface area contributed by atoms with Crippen LogP contribution in [0.1, 0.15) is 0 Å². The maximum absolute atomic E-state index is 5.18. The van der Waals surface area contributed by atoms with Crippen LogP contribution in [0.2, 0.25) is 0 Å². The van der Waals surface area contributed by atoms with Crippen LogP contribution in [0.3, 0.4) is 0 Å². The Labute approximate surface area is 110 Å². The van der Waals surface area contributed by atoms with Crippen molar-refractivity contribution in [2.45, 2.75) is 0 Å². The fourth-order valence-electron chi connectivity index (χ4n) is 1.37. The van der Waals surface area contributed by atoms with Gasteiger partial charge in [0.2, 0.25) is 5.82 Å². The lowest BCUT2D eigenvalue weighted by Gasteiger charge is -1.93. The van der Waals surface area contributed by atoms with Gasteiger partial charge in [0.25, 0.3) is 5.89 Å². The molecule has 2 aromatic heterocycles. The lowest BCUT2D eigenvalue weighted by molar-refractivity contribution is 0.432. The molecule has 0 atom stereocenters. The van der Waals surface area contributed by atoms with Crippen molar-refractivity contribution in [2.24, 2.45) is 0 Å². The van der Waals surface area contributed by atoms with Gasteiger partial charge in [0.15, 0.2) is 5.82 Å². The molecule has 6 nitrogen and oxygen atoms in total. The maximum Gasteiger partial charge on any atom is 0.258 e. The summed E-state index contributed by atoms with van der Waals surface area (Å²) >= 11 is 2.23. The highest BCUT2D eigenvalue weighted by atomic mass is 127. The SMILES string of the molecule is Ic1cccc(-c2nc(-c3ncn[nH]3)no2)c1. The highest BCUT2D eigenvalue weighted by molar-refractivity contribution is 14.1. The second-order valence-electron chi connectivity index (χ2n) is 3.27. The lowest BCUT2D eigenvalue weighted by Crippen LogP contribution is -1.83. The van der Waals surface area contributed by atoms with E-state index < -0.39 is 0 Å². The van der Waals surface area contributed by atoms with Gasteiger partial charge in [0.1, 0.15) is 6.33 Å². The van der Waals surface area contributed by atoms with Gasteiger partial charge in [-0.25, -0.2) is 4.98 Å². The van der Waals surface area contributed by atoms with E-state index in [0.29, 0.717) is 17.5 Å². The van der Waals surface area contributed by atoms with Crippen LogP contribution in [0.4, 0.5) is 0 Å². The first-order chi connectivity index (χ1) is 8.33. The highest BCUT2D eigenvalue weighted by Gasteiger charge is 2.12. The zero-order valence-corrected chi connectivity index (χ0v) is 10.6. The van der Waals surface area contributed by atoms with Crippen LogP contribution < -0.4 is 0 Å². The first-order valence-electron chi connectivity index (χ1n) is 4.78. The third-order valence-electron chi connectivity index (χ3n) is 2.12. The van der Waals surface area contributed by atoms with Gasteiger partial charge in [-0.1, -0.05) is 11.2 Å². The Bertz CT molecular complexity index is 634. The number of nitrogens with zero attached hydrogens (tertiary/aromatic N) is 4. The Morgan fingerprint density at radius 1 is 1.29 bits per heavy atom. The zero-order valence-electron chi connectivity index (χ0n) is 8.46. The molecule has 0 aliphatic carbocycles. The van der Waals surface area contributed by atoms with Crippen molar-refractivity contribution < 1.29 is 4.52 Å². The van der Waals surface area contributed by atoms with Crippen molar-refractivity contribution in [3.8, 4) is 23.1 Å². The molecule has 7 heteroatoms. The van der Waals surface area contributed by atoms with Crippen LogP contribution >= 0.6 is 22.6 Å². The van der Waals surface area contributed by atoms with E-state index in [2.05, 4.69) is 47.9 Å². The molecule has 0 saturated carbocycles. The number of aromatic amines is 1. The summed E-state index contributed by atoms with van der Waals surface area (Å²) < 4.78 is 6.29. The molecule has 0 fully saturated rings. The summed E-state index contributed by atoms with van der Waals surface area (Å²) in [5.41, 5.74) is 0.884. The fourth-order valence-corrected chi connectivity index (χ4v) is 1.91. The van der Waals surface area contributed by atoms with Crippen molar-refractivity contribution in [1.82, 2.24) is 25.3 Å². The molecule has 0 amide bonds. The van der Waals surface area contributed by atoms with E-state index in [-0.39, 0.29) is 0 Å². The molecule has 2 heterocycles. The van der Waals surface area contributed by atoms with Crippen LogP contribution in [-0.4, -0.2) is 25.3 Å². The van der Waals surface area contributed by atoms with Crippen LogP contribution in [0.25, 0.3) is 23.1 Å². The average Bonchev–Trinajstić information content (AvgIpc) is 3.00. The van der Waals surface area contributed by atoms with E-state index in [1.54, 1.807) is 0 Å². The fraction of sp³-hybridized carbons (Fsp3) is 0. The number of aromatic nitrogens is 5. The Morgan fingerprint density at radius 2 is 2.24 bits per heavy atom. The number of benzene rings is 1. The van der Waals surface area contributed by atoms with Gasteiger partial charge in [-0.05, 0) is 40.8 Å². The second kappa shape index (κ2) is 4.24. The minimum Gasteiger partial charge on any atom is -0.333 e. The standard InChI is InChI=1S/C10H6IN5O/c11-7-3-1-2-6(4-7)10-14-9(16-17-10)8-12-5-13-15-8/h1-5H,(H,12,13,15). The van der Waals surface area contributed by atoms with Crippen LogP contribution in [-0.2, 0) is 0 Å². The second-order valence-corrected chi connectivity index (χ2v) is 4.51. The van der Waals surface area contributed by atoms with E-state index in [1.165, 1.54) is 6.33 Å². The first-order valence-corrected chi connectivity index (χ1v) is 5.86.